The van der Waals surface area contributed by atoms with Crippen molar-refractivity contribution in [3.8, 4) is 6.07 Å². The van der Waals surface area contributed by atoms with E-state index in [2.05, 4.69) is 16.0 Å². The van der Waals surface area contributed by atoms with Gasteiger partial charge in [-0.1, -0.05) is 12.1 Å². The van der Waals surface area contributed by atoms with Gasteiger partial charge >= 0.3 is 0 Å². The molecule has 0 N–H and O–H groups in total. The van der Waals surface area contributed by atoms with Crippen molar-refractivity contribution in [3.05, 3.63) is 59.4 Å². The Bertz CT molecular complexity index is 954. The van der Waals surface area contributed by atoms with Crippen LogP contribution >= 0.6 is 0 Å². The number of nitrogens with zero attached hydrogens (tertiary/aromatic N) is 5. The first-order valence-electron chi connectivity index (χ1n) is 10.7. The molecule has 2 aromatic rings. The summed E-state index contributed by atoms with van der Waals surface area (Å²) in [5.74, 6) is -0.0144. The highest BCUT2D eigenvalue weighted by atomic mass is 16.2. The fourth-order valence-corrected chi connectivity index (χ4v) is 3.86. The van der Waals surface area contributed by atoms with Gasteiger partial charge in [0.1, 0.15) is 0 Å². The third-order valence-corrected chi connectivity index (χ3v) is 5.78. The van der Waals surface area contributed by atoms with E-state index in [0.717, 1.165) is 29.8 Å². The van der Waals surface area contributed by atoms with Gasteiger partial charge in [0.25, 0.3) is 5.91 Å². The lowest BCUT2D eigenvalue weighted by Crippen LogP contribution is -2.43. The zero-order valence-corrected chi connectivity index (χ0v) is 18.3. The molecule has 7 heteroatoms. The van der Waals surface area contributed by atoms with E-state index in [1.165, 1.54) is 0 Å². The molecule has 2 amide bonds. The van der Waals surface area contributed by atoms with Gasteiger partial charge in [0, 0.05) is 56.4 Å². The van der Waals surface area contributed by atoms with Crippen LogP contribution in [0.4, 0.5) is 5.69 Å². The predicted molar refractivity (Wildman–Crippen MR) is 120 cm³/mol. The largest absolute Gasteiger partial charge is 0.337 e. The first-order valence-corrected chi connectivity index (χ1v) is 10.7. The van der Waals surface area contributed by atoms with Crippen molar-refractivity contribution >= 4 is 17.5 Å². The molecular formula is C24H29N5O2. The highest BCUT2D eigenvalue weighted by Gasteiger charge is 2.24. The van der Waals surface area contributed by atoms with Gasteiger partial charge in [0.2, 0.25) is 5.91 Å². The number of carbonyl (C=O) groups excluding carboxylic acids is 2. The van der Waals surface area contributed by atoms with Gasteiger partial charge in [0.05, 0.1) is 19.0 Å². The summed E-state index contributed by atoms with van der Waals surface area (Å²) in [7, 11) is 0. The maximum Gasteiger partial charge on any atom is 0.254 e. The first kappa shape index (κ1) is 22.4. The summed E-state index contributed by atoms with van der Waals surface area (Å²) in [6.45, 7) is 7.32. The van der Waals surface area contributed by atoms with E-state index in [-0.39, 0.29) is 24.8 Å². The van der Waals surface area contributed by atoms with Crippen molar-refractivity contribution < 1.29 is 9.59 Å². The van der Waals surface area contributed by atoms with Gasteiger partial charge < -0.3 is 9.80 Å². The van der Waals surface area contributed by atoms with Gasteiger partial charge in [0.15, 0.2) is 0 Å². The summed E-state index contributed by atoms with van der Waals surface area (Å²) in [5.41, 5.74) is 3.67. The van der Waals surface area contributed by atoms with Crippen molar-refractivity contribution in [2.45, 2.75) is 26.7 Å². The van der Waals surface area contributed by atoms with Crippen LogP contribution in [-0.4, -0.2) is 65.9 Å². The van der Waals surface area contributed by atoms with Crippen LogP contribution in [0.5, 0.6) is 0 Å². The van der Waals surface area contributed by atoms with E-state index >= 15 is 0 Å². The molecule has 1 aliphatic rings. The third-order valence-electron chi connectivity index (χ3n) is 5.78. The molecular weight excluding hydrogens is 390 g/mol. The van der Waals surface area contributed by atoms with Gasteiger partial charge in [-0.25, -0.2) is 0 Å². The molecule has 0 bridgehead atoms. The molecule has 1 aliphatic heterocycles. The maximum atomic E-state index is 13.2. The van der Waals surface area contributed by atoms with Gasteiger partial charge in [-0.2, -0.15) is 5.26 Å². The lowest BCUT2D eigenvalue weighted by atomic mass is 10.1. The summed E-state index contributed by atoms with van der Waals surface area (Å²) < 4.78 is 0. The van der Waals surface area contributed by atoms with E-state index in [1.807, 2.05) is 36.9 Å². The summed E-state index contributed by atoms with van der Waals surface area (Å²) in [6.07, 6.45) is 4.34. The number of nitriles is 1. The fourth-order valence-electron chi connectivity index (χ4n) is 3.86. The topological polar surface area (TPSA) is 80.5 Å². The molecule has 1 fully saturated rings. The summed E-state index contributed by atoms with van der Waals surface area (Å²) in [6, 6.07) is 11.5. The Morgan fingerprint density at radius 1 is 1.10 bits per heavy atom. The maximum absolute atomic E-state index is 13.2. The van der Waals surface area contributed by atoms with Crippen molar-refractivity contribution in [1.29, 1.82) is 5.26 Å². The van der Waals surface area contributed by atoms with Crippen LogP contribution in [-0.2, 0) is 4.79 Å². The molecule has 162 valence electrons. The number of hydrogen-bond acceptors (Lipinski definition) is 5. The second-order valence-electron chi connectivity index (χ2n) is 7.83. The molecule has 1 saturated heterocycles. The van der Waals surface area contributed by atoms with Crippen LogP contribution in [0.1, 0.15) is 34.3 Å². The van der Waals surface area contributed by atoms with Crippen LogP contribution in [0.2, 0.25) is 0 Å². The quantitative estimate of drug-likeness (QED) is 0.719. The van der Waals surface area contributed by atoms with E-state index in [9.17, 15) is 9.59 Å². The molecule has 0 aliphatic carbocycles. The number of aromatic nitrogens is 1. The SMILES string of the molecule is Cc1cccc(N(CCC#N)C(=O)CN2CCCN(C(=O)c3ccncc3)CC2)c1C. The molecule has 1 aromatic heterocycles. The summed E-state index contributed by atoms with van der Waals surface area (Å²) >= 11 is 0. The molecule has 0 saturated carbocycles. The van der Waals surface area contributed by atoms with E-state index in [1.54, 1.807) is 29.4 Å². The molecule has 0 unspecified atom stereocenters. The van der Waals surface area contributed by atoms with Gasteiger partial charge in [-0.3, -0.25) is 19.5 Å². The van der Waals surface area contributed by atoms with Gasteiger partial charge in [-0.15, -0.1) is 0 Å². The highest BCUT2D eigenvalue weighted by molar-refractivity contribution is 5.96. The Morgan fingerprint density at radius 2 is 1.87 bits per heavy atom. The summed E-state index contributed by atoms with van der Waals surface area (Å²) in [5, 5.41) is 9.06. The standard InChI is InChI=1S/C24H29N5O2/c1-19-6-3-7-22(20(19)2)29(15-4-10-25)23(30)18-27-13-5-14-28(17-16-27)24(31)21-8-11-26-12-9-21/h3,6-9,11-12H,4-5,13-18H2,1-2H3. The average molecular weight is 420 g/mol. The lowest BCUT2D eigenvalue weighted by Gasteiger charge is -2.28. The number of amides is 2. The van der Waals surface area contributed by atoms with Gasteiger partial charge in [-0.05, 0) is 49.6 Å². The normalized spacial score (nSPS) is 14.5. The second-order valence-corrected chi connectivity index (χ2v) is 7.83. The third kappa shape index (κ3) is 5.68. The Hall–Kier alpha value is -3.24. The van der Waals surface area contributed by atoms with Crippen molar-refractivity contribution in [1.82, 2.24) is 14.8 Å². The number of anilines is 1. The molecule has 0 radical (unpaired) electrons. The molecule has 2 heterocycles. The molecule has 0 spiro atoms. The molecule has 0 atom stereocenters. The Balaban J connectivity index is 1.66. The minimum absolute atomic E-state index is 0.00149. The van der Waals surface area contributed by atoms with E-state index < -0.39 is 0 Å². The number of aryl methyl sites for hydroxylation is 1. The van der Waals surface area contributed by atoms with E-state index in [4.69, 9.17) is 5.26 Å². The van der Waals surface area contributed by atoms with Crippen LogP contribution < -0.4 is 4.90 Å². The zero-order valence-electron chi connectivity index (χ0n) is 18.3. The van der Waals surface area contributed by atoms with Crippen molar-refractivity contribution in [2.24, 2.45) is 0 Å². The number of carbonyl (C=O) groups is 2. The molecule has 3 rings (SSSR count). The highest BCUT2D eigenvalue weighted by Crippen LogP contribution is 2.23. The fraction of sp³-hybridized carbons (Fsp3) is 0.417. The number of benzene rings is 1. The first-order chi connectivity index (χ1) is 15.0. The smallest absolute Gasteiger partial charge is 0.254 e. The van der Waals surface area contributed by atoms with Crippen LogP contribution in [0.25, 0.3) is 0 Å². The number of pyridine rings is 1. The zero-order chi connectivity index (χ0) is 22.2. The summed E-state index contributed by atoms with van der Waals surface area (Å²) in [4.78, 5) is 35.6. The molecule has 7 nitrogen and oxygen atoms in total. The van der Waals surface area contributed by atoms with Crippen molar-refractivity contribution in [3.63, 3.8) is 0 Å². The van der Waals surface area contributed by atoms with Crippen LogP contribution in [0.15, 0.2) is 42.7 Å². The Kier molecular flexibility index (Phi) is 7.74. The molecule has 31 heavy (non-hydrogen) atoms. The minimum Gasteiger partial charge on any atom is -0.337 e. The number of rotatable bonds is 6. The van der Waals surface area contributed by atoms with Crippen molar-refractivity contribution in [2.75, 3.05) is 44.2 Å². The number of hydrogen-bond donors (Lipinski definition) is 0. The van der Waals surface area contributed by atoms with Crippen LogP contribution in [0.3, 0.4) is 0 Å². The average Bonchev–Trinajstić information content (AvgIpc) is 3.02. The Morgan fingerprint density at radius 3 is 2.61 bits per heavy atom. The molecule has 1 aromatic carbocycles. The monoisotopic (exact) mass is 419 g/mol. The second kappa shape index (κ2) is 10.7. The lowest BCUT2D eigenvalue weighted by molar-refractivity contribution is -0.119. The predicted octanol–water partition coefficient (Wildman–Crippen LogP) is 2.79. The minimum atomic E-state index is -0.0159. The Labute approximate surface area is 183 Å². The van der Waals surface area contributed by atoms with Crippen LogP contribution in [0, 0.1) is 25.2 Å². The van der Waals surface area contributed by atoms with E-state index in [0.29, 0.717) is 31.7 Å².